The van der Waals surface area contributed by atoms with Crippen LogP contribution in [0.1, 0.15) is 11.3 Å². The summed E-state index contributed by atoms with van der Waals surface area (Å²) in [7, 11) is 3.88. The fourth-order valence-corrected chi connectivity index (χ4v) is 4.31. The van der Waals surface area contributed by atoms with Crippen molar-refractivity contribution in [2.75, 3.05) is 49.6 Å². The van der Waals surface area contributed by atoms with Crippen LogP contribution in [0.15, 0.2) is 35.6 Å². The molecule has 2 aliphatic heterocycles. The summed E-state index contributed by atoms with van der Waals surface area (Å²) >= 11 is 0. The van der Waals surface area contributed by atoms with Crippen LogP contribution in [0.2, 0.25) is 0 Å². The molecule has 8 nitrogen and oxygen atoms in total. The zero-order valence-electron chi connectivity index (χ0n) is 16.9. The number of benzene rings is 1. The predicted octanol–water partition coefficient (Wildman–Crippen LogP) is 1.04. The second-order valence-corrected chi connectivity index (χ2v) is 7.95. The van der Waals surface area contributed by atoms with Gasteiger partial charge in [-0.2, -0.15) is 0 Å². The Balaban J connectivity index is 1.36. The molecule has 8 heteroatoms. The minimum atomic E-state index is -0.00938. The highest BCUT2D eigenvalue weighted by Gasteiger charge is 2.25. The fourth-order valence-electron chi connectivity index (χ4n) is 4.31. The van der Waals surface area contributed by atoms with Gasteiger partial charge in [-0.3, -0.25) is 4.79 Å². The van der Waals surface area contributed by atoms with Crippen LogP contribution in [0.25, 0.3) is 10.9 Å². The van der Waals surface area contributed by atoms with Crippen molar-refractivity contribution in [3.05, 3.63) is 52.5 Å². The number of anilines is 2. The summed E-state index contributed by atoms with van der Waals surface area (Å²) in [5.41, 5.74) is 4.33. The van der Waals surface area contributed by atoms with Gasteiger partial charge in [-0.15, -0.1) is 0 Å². The van der Waals surface area contributed by atoms with Crippen molar-refractivity contribution in [2.45, 2.75) is 13.0 Å². The first-order chi connectivity index (χ1) is 14.1. The molecule has 1 saturated heterocycles. The van der Waals surface area contributed by atoms with Gasteiger partial charge in [0.1, 0.15) is 12.1 Å². The van der Waals surface area contributed by atoms with Gasteiger partial charge in [0.2, 0.25) is 0 Å². The molecule has 0 saturated carbocycles. The van der Waals surface area contributed by atoms with Gasteiger partial charge in [-0.05, 0) is 25.2 Å². The lowest BCUT2D eigenvalue weighted by atomic mass is 10.1. The lowest BCUT2D eigenvalue weighted by Gasteiger charge is -2.38. The first kappa shape index (κ1) is 18.1. The normalized spacial score (nSPS) is 17.6. The van der Waals surface area contributed by atoms with Crippen LogP contribution in [0.5, 0.6) is 0 Å². The number of likely N-dealkylation sites (N-methyl/N-ethyl adjacent to an activating group) is 1. The maximum atomic E-state index is 12.2. The van der Waals surface area contributed by atoms with E-state index in [2.05, 4.69) is 36.7 Å². The predicted molar refractivity (Wildman–Crippen MR) is 113 cm³/mol. The van der Waals surface area contributed by atoms with Gasteiger partial charge >= 0.3 is 0 Å². The molecule has 29 heavy (non-hydrogen) atoms. The van der Waals surface area contributed by atoms with Crippen molar-refractivity contribution < 1.29 is 0 Å². The highest BCUT2D eigenvalue weighted by atomic mass is 16.1. The van der Waals surface area contributed by atoms with Crippen LogP contribution >= 0.6 is 0 Å². The highest BCUT2D eigenvalue weighted by molar-refractivity contribution is 5.81. The fraction of sp³-hybridized carbons (Fsp3) is 0.429. The largest absolute Gasteiger partial charge is 0.368 e. The molecule has 0 spiro atoms. The first-order valence-corrected chi connectivity index (χ1v) is 10.1. The Labute approximate surface area is 169 Å². The molecule has 0 unspecified atom stereocenters. The van der Waals surface area contributed by atoms with Gasteiger partial charge in [0, 0.05) is 64.0 Å². The number of hydrogen-bond acceptors (Lipinski definition) is 7. The summed E-state index contributed by atoms with van der Waals surface area (Å²) in [5.74, 6) is 1.09. The molecule has 2 aromatic heterocycles. The second-order valence-electron chi connectivity index (χ2n) is 7.95. The van der Waals surface area contributed by atoms with E-state index in [1.807, 2.05) is 18.2 Å². The molecule has 3 aromatic rings. The summed E-state index contributed by atoms with van der Waals surface area (Å²) in [6.07, 6.45) is 4.29. The average Bonchev–Trinajstić information content (AvgIpc) is 2.76. The Bertz CT molecular complexity index is 1120. The number of hydrogen-bond donors (Lipinski definition) is 0. The highest BCUT2D eigenvalue weighted by Crippen LogP contribution is 2.27. The molecule has 1 fully saturated rings. The zero-order chi connectivity index (χ0) is 20.0. The Hall–Kier alpha value is -3.00. The van der Waals surface area contributed by atoms with E-state index in [0.29, 0.717) is 5.39 Å². The SMILES string of the molecule is CN1CCc2ncnc(N3CCN(c4ccc5c(=O)n(C)cnc5c4)CC3)c2C1. The molecule has 0 atom stereocenters. The summed E-state index contributed by atoms with van der Waals surface area (Å²) in [4.78, 5) is 32.9. The van der Waals surface area contributed by atoms with Gasteiger partial charge in [0.05, 0.1) is 22.9 Å². The van der Waals surface area contributed by atoms with Crippen molar-refractivity contribution >= 4 is 22.4 Å². The van der Waals surface area contributed by atoms with Gasteiger partial charge < -0.3 is 19.3 Å². The maximum absolute atomic E-state index is 12.2. The summed E-state index contributed by atoms with van der Waals surface area (Å²) < 4.78 is 1.51. The lowest BCUT2D eigenvalue weighted by Crippen LogP contribution is -2.47. The minimum Gasteiger partial charge on any atom is -0.368 e. The van der Waals surface area contributed by atoms with Gasteiger partial charge in [-0.1, -0.05) is 0 Å². The van der Waals surface area contributed by atoms with Crippen molar-refractivity contribution in [3.8, 4) is 0 Å². The molecule has 1 aromatic carbocycles. The monoisotopic (exact) mass is 391 g/mol. The summed E-state index contributed by atoms with van der Waals surface area (Å²) in [6, 6.07) is 5.94. The topological polar surface area (TPSA) is 70.4 Å². The first-order valence-electron chi connectivity index (χ1n) is 10.1. The average molecular weight is 391 g/mol. The third-order valence-corrected chi connectivity index (χ3v) is 6.02. The van der Waals surface area contributed by atoms with Crippen LogP contribution < -0.4 is 15.4 Å². The molecule has 150 valence electrons. The van der Waals surface area contributed by atoms with Crippen LogP contribution in [-0.4, -0.2) is 64.2 Å². The van der Waals surface area contributed by atoms with Crippen LogP contribution in [0.4, 0.5) is 11.5 Å². The Morgan fingerprint density at radius 3 is 2.55 bits per heavy atom. The maximum Gasteiger partial charge on any atom is 0.260 e. The molecular formula is C21H25N7O. The second kappa shape index (κ2) is 7.11. The van der Waals surface area contributed by atoms with Crippen molar-refractivity contribution in [1.82, 2.24) is 24.4 Å². The quantitative estimate of drug-likeness (QED) is 0.646. The number of rotatable bonds is 2. The molecule has 5 rings (SSSR count). The molecule has 0 N–H and O–H groups in total. The number of aromatic nitrogens is 4. The standard InChI is InChI=1S/C21H25N7O/c1-25-6-5-18-17(12-25)20(23-13-22-18)28-9-7-27(8-10-28)15-3-4-16-19(11-15)24-14-26(2)21(16)29/h3-4,11,13-14H,5-10,12H2,1-2H3. The molecule has 0 radical (unpaired) electrons. The van der Waals surface area contributed by atoms with E-state index in [1.165, 1.54) is 15.8 Å². The van der Waals surface area contributed by atoms with E-state index in [-0.39, 0.29) is 5.56 Å². The van der Waals surface area contributed by atoms with Crippen molar-refractivity contribution in [1.29, 1.82) is 0 Å². The Morgan fingerprint density at radius 2 is 1.72 bits per heavy atom. The van der Waals surface area contributed by atoms with E-state index < -0.39 is 0 Å². The van der Waals surface area contributed by atoms with Gasteiger partial charge in [0.25, 0.3) is 5.56 Å². The number of aryl methyl sites for hydroxylation is 1. The van der Waals surface area contributed by atoms with E-state index >= 15 is 0 Å². The molecular weight excluding hydrogens is 366 g/mol. The van der Waals surface area contributed by atoms with Crippen molar-refractivity contribution in [3.63, 3.8) is 0 Å². The van der Waals surface area contributed by atoms with E-state index in [0.717, 1.165) is 62.7 Å². The van der Waals surface area contributed by atoms with E-state index in [9.17, 15) is 4.79 Å². The zero-order valence-corrected chi connectivity index (χ0v) is 16.9. The van der Waals surface area contributed by atoms with Crippen LogP contribution in [0.3, 0.4) is 0 Å². The third-order valence-electron chi connectivity index (χ3n) is 6.02. The number of nitrogens with zero attached hydrogens (tertiary/aromatic N) is 7. The third kappa shape index (κ3) is 3.23. The smallest absolute Gasteiger partial charge is 0.260 e. The number of piperazine rings is 1. The Morgan fingerprint density at radius 1 is 0.931 bits per heavy atom. The number of fused-ring (bicyclic) bond motifs is 2. The van der Waals surface area contributed by atoms with Gasteiger partial charge in [-0.25, -0.2) is 15.0 Å². The van der Waals surface area contributed by atoms with E-state index in [4.69, 9.17) is 0 Å². The Kier molecular flexibility index (Phi) is 4.43. The molecule has 0 aliphatic carbocycles. The molecule has 0 amide bonds. The van der Waals surface area contributed by atoms with E-state index in [1.54, 1.807) is 19.7 Å². The lowest BCUT2D eigenvalue weighted by molar-refractivity contribution is 0.309. The van der Waals surface area contributed by atoms with Crippen LogP contribution in [-0.2, 0) is 20.0 Å². The minimum absolute atomic E-state index is 0.00938. The summed E-state index contributed by atoms with van der Waals surface area (Å²) in [6.45, 7) is 5.60. The molecule has 4 heterocycles. The molecule has 0 bridgehead atoms. The van der Waals surface area contributed by atoms with Crippen LogP contribution in [0, 0.1) is 0 Å². The van der Waals surface area contributed by atoms with Crippen molar-refractivity contribution in [2.24, 2.45) is 7.05 Å². The molecule has 2 aliphatic rings. The summed E-state index contributed by atoms with van der Waals surface area (Å²) in [5, 5.41) is 0.661. The van der Waals surface area contributed by atoms with Gasteiger partial charge in [0.15, 0.2) is 0 Å².